The highest BCUT2D eigenvalue weighted by atomic mass is 16.3. The minimum absolute atomic E-state index is 0. The van der Waals surface area contributed by atoms with Crippen LogP contribution in [-0.4, -0.2) is 10.7 Å². The maximum Gasteiger partial charge on any atom is 0.0620 e. The van der Waals surface area contributed by atoms with Crippen molar-refractivity contribution in [1.82, 2.24) is 0 Å². The van der Waals surface area contributed by atoms with E-state index in [1.165, 1.54) is 37.7 Å². The highest BCUT2D eigenvalue weighted by Gasteiger charge is 2.45. The Labute approximate surface area is 107 Å². The van der Waals surface area contributed by atoms with Crippen LogP contribution in [0.4, 0.5) is 0 Å². The normalized spacial score (nSPS) is 38.2. The summed E-state index contributed by atoms with van der Waals surface area (Å²) in [5.74, 6) is 1.12. The van der Waals surface area contributed by atoms with Gasteiger partial charge in [-0.25, -0.2) is 0 Å². The molecule has 1 N–H and O–H groups in total. The number of fused-ring (bicyclic) bond motifs is 1. The Balaban J connectivity index is 0.00000144. The Hall–Kier alpha value is -0.300. The second-order valence-electron chi connectivity index (χ2n) is 6.84. The summed E-state index contributed by atoms with van der Waals surface area (Å²) in [7, 11) is 0. The largest absolute Gasteiger partial charge is 0.390 e. The van der Waals surface area contributed by atoms with Gasteiger partial charge in [0.25, 0.3) is 0 Å². The number of hydrogen-bond acceptors (Lipinski definition) is 1. The molecule has 0 bridgehead atoms. The molecule has 2 aliphatic rings. The molecule has 0 aromatic rings. The quantitative estimate of drug-likeness (QED) is 0.664. The number of rotatable bonds is 1. The summed E-state index contributed by atoms with van der Waals surface area (Å²) in [4.78, 5) is 0. The molecular formula is C16H30O. The van der Waals surface area contributed by atoms with Crippen molar-refractivity contribution >= 4 is 0 Å². The van der Waals surface area contributed by atoms with Crippen LogP contribution in [0.25, 0.3) is 0 Å². The minimum Gasteiger partial charge on any atom is -0.390 e. The molecule has 2 fully saturated rings. The third-order valence-corrected chi connectivity index (χ3v) is 5.16. The van der Waals surface area contributed by atoms with E-state index in [0.717, 1.165) is 6.42 Å². The molecule has 0 saturated heterocycles. The lowest BCUT2D eigenvalue weighted by molar-refractivity contribution is -0.0406. The number of allylic oxidation sites excluding steroid dienone is 1. The summed E-state index contributed by atoms with van der Waals surface area (Å²) in [6.07, 6.45) is 7.49. The van der Waals surface area contributed by atoms with E-state index in [9.17, 15) is 5.11 Å². The average Bonchev–Trinajstić information content (AvgIpc) is 2.15. The Kier molecular flexibility index (Phi) is 4.13. The van der Waals surface area contributed by atoms with Crippen LogP contribution in [0.3, 0.4) is 0 Å². The molecule has 3 atom stereocenters. The Morgan fingerprint density at radius 3 is 2.59 bits per heavy atom. The second-order valence-corrected chi connectivity index (χ2v) is 6.84. The first-order valence-corrected chi connectivity index (χ1v) is 6.73. The van der Waals surface area contributed by atoms with E-state index in [2.05, 4.69) is 13.5 Å². The van der Waals surface area contributed by atoms with Gasteiger partial charge in [-0.1, -0.05) is 26.5 Å². The zero-order chi connectivity index (χ0) is 12.0. The first kappa shape index (κ1) is 14.8. The first-order chi connectivity index (χ1) is 7.33. The van der Waals surface area contributed by atoms with Crippen LogP contribution >= 0.6 is 0 Å². The highest BCUT2D eigenvalue weighted by molar-refractivity contribution is 5.13. The molecule has 0 heterocycles. The molecule has 0 radical (unpaired) electrons. The topological polar surface area (TPSA) is 20.2 Å². The molecule has 0 amide bonds. The molecule has 1 heteroatoms. The summed E-state index contributed by atoms with van der Waals surface area (Å²) >= 11 is 0. The molecule has 2 aliphatic carbocycles. The van der Waals surface area contributed by atoms with Crippen LogP contribution in [0.2, 0.25) is 0 Å². The van der Waals surface area contributed by atoms with E-state index in [-0.39, 0.29) is 7.43 Å². The molecule has 2 saturated carbocycles. The van der Waals surface area contributed by atoms with E-state index in [1.54, 1.807) is 0 Å². The smallest absolute Gasteiger partial charge is 0.0620 e. The van der Waals surface area contributed by atoms with Crippen molar-refractivity contribution in [1.29, 1.82) is 0 Å². The maximum absolute atomic E-state index is 10.2. The van der Waals surface area contributed by atoms with Gasteiger partial charge in [-0.15, -0.1) is 0 Å². The van der Waals surface area contributed by atoms with E-state index >= 15 is 0 Å². The third-order valence-electron chi connectivity index (χ3n) is 5.16. The zero-order valence-electron chi connectivity index (χ0n) is 11.1. The molecule has 0 spiro atoms. The Bertz CT molecular complexity index is 286. The lowest BCUT2D eigenvalue weighted by Crippen LogP contribution is -2.43. The second kappa shape index (κ2) is 4.76. The Morgan fingerprint density at radius 1 is 1.35 bits per heavy atom. The van der Waals surface area contributed by atoms with Crippen LogP contribution in [0.5, 0.6) is 0 Å². The zero-order valence-corrected chi connectivity index (χ0v) is 11.1. The molecular weight excluding hydrogens is 208 g/mol. The fourth-order valence-corrected chi connectivity index (χ4v) is 3.86. The van der Waals surface area contributed by atoms with E-state index in [1.807, 2.05) is 13.8 Å². The molecule has 100 valence electrons. The fourth-order valence-electron chi connectivity index (χ4n) is 3.86. The van der Waals surface area contributed by atoms with Crippen molar-refractivity contribution in [2.24, 2.45) is 17.3 Å². The summed E-state index contributed by atoms with van der Waals surface area (Å²) in [5, 5.41) is 10.2. The standard InChI is InChI=1S/C15H26O.CH4/c1-11-6-5-8-15(4)9-7-12(10-13(11)15)14(2,3)16;/h12-13,16H,1,5-10H2,2-4H3;1H4/t12-,13+,15-;/m1./s1. The van der Waals surface area contributed by atoms with Crippen molar-refractivity contribution in [3.8, 4) is 0 Å². The van der Waals surface area contributed by atoms with Gasteiger partial charge < -0.3 is 5.11 Å². The molecule has 1 nitrogen and oxygen atoms in total. The fraction of sp³-hybridized carbons (Fsp3) is 0.875. The first-order valence-electron chi connectivity index (χ1n) is 6.73. The predicted molar refractivity (Wildman–Crippen MR) is 75.0 cm³/mol. The monoisotopic (exact) mass is 238 g/mol. The van der Waals surface area contributed by atoms with Crippen LogP contribution in [-0.2, 0) is 0 Å². The molecule has 0 aromatic carbocycles. The van der Waals surface area contributed by atoms with Crippen LogP contribution in [0.1, 0.15) is 66.7 Å². The van der Waals surface area contributed by atoms with Gasteiger partial charge >= 0.3 is 0 Å². The minimum atomic E-state index is -0.515. The van der Waals surface area contributed by atoms with Crippen LogP contribution in [0.15, 0.2) is 12.2 Å². The molecule has 0 unspecified atom stereocenters. The third kappa shape index (κ3) is 2.76. The predicted octanol–water partition coefficient (Wildman–Crippen LogP) is 4.56. The molecule has 0 aliphatic heterocycles. The maximum atomic E-state index is 10.2. The molecule has 2 rings (SSSR count). The molecule has 17 heavy (non-hydrogen) atoms. The Morgan fingerprint density at radius 2 is 2.00 bits per heavy atom. The van der Waals surface area contributed by atoms with Gasteiger partial charge in [0.05, 0.1) is 5.60 Å². The number of hydrogen-bond donors (Lipinski definition) is 1. The van der Waals surface area contributed by atoms with Gasteiger partial charge in [-0.3, -0.25) is 0 Å². The van der Waals surface area contributed by atoms with Crippen LogP contribution in [0, 0.1) is 17.3 Å². The van der Waals surface area contributed by atoms with Crippen molar-refractivity contribution in [2.75, 3.05) is 0 Å². The summed E-state index contributed by atoms with van der Waals surface area (Å²) < 4.78 is 0. The van der Waals surface area contributed by atoms with E-state index in [4.69, 9.17) is 0 Å². The van der Waals surface area contributed by atoms with Crippen molar-refractivity contribution < 1.29 is 5.11 Å². The summed E-state index contributed by atoms with van der Waals surface area (Å²) in [6, 6.07) is 0. The van der Waals surface area contributed by atoms with Crippen molar-refractivity contribution in [3.05, 3.63) is 12.2 Å². The van der Waals surface area contributed by atoms with Crippen molar-refractivity contribution in [3.63, 3.8) is 0 Å². The van der Waals surface area contributed by atoms with Gasteiger partial charge in [0.15, 0.2) is 0 Å². The van der Waals surface area contributed by atoms with Crippen LogP contribution < -0.4 is 0 Å². The van der Waals surface area contributed by atoms with E-state index < -0.39 is 5.60 Å². The lowest BCUT2D eigenvalue weighted by atomic mass is 9.55. The van der Waals surface area contributed by atoms with Gasteiger partial charge in [-0.05, 0) is 69.6 Å². The van der Waals surface area contributed by atoms with Crippen molar-refractivity contribution in [2.45, 2.75) is 72.3 Å². The average molecular weight is 238 g/mol. The summed E-state index contributed by atoms with van der Waals surface area (Å²) in [5.41, 5.74) is 1.42. The van der Waals surface area contributed by atoms with E-state index in [0.29, 0.717) is 17.3 Å². The van der Waals surface area contributed by atoms with Gasteiger partial charge in [0.2, 0.25) is 0 Å². The van der Waals surface area contributed by atoms with Gasteiger partial charge in [0.1, 0.15) is 0 Å². The lowest BCUT2D eigenvalue weighted by Gasteiger charge is -2.50. The molecule has 0 aromatic heterocycles. The SMILES string of the molecule is C.C=C1CCC[C@]2(C)CC[C@@H](C(C)(C)O)C[C@@H]12. The highest BCUT2D eigenvalue weighted by Crippen LogP contribution is 2.54. The summed E-state index contributed by atoms with van der Waals surface area (Å²) in [6.45, 7) is 10.6. The van der Waals surface area contributed by atoms with Gasteiger partial charge in [-0.2, -0.15) is 0 Å². The van der Waals surface area contributed by atoms with Gasteiger partial charge in [0, 0.05) is 0 Å². The number of aliphatic hydroxyl groups is 1.